The molecule has 0 spiro atoms. The van der Waals surface area contributed by atoms with E-state index in [4.69, 9.17) is 0 Å². The van der Waals surface area contributed by atoms with Crippen LogP contribution in [0.5, 0.6) is 0 Å². The maximum Gasteiger partial charge on any atom is 0.311 e. The fourth-order valence-electron chi connectivity index (χ4n) is 4.19. The first-order valence-corrected chi connectivity index (χ1v) is 8.01. The van der Waals surface area contributed by atoms with Gasteiger partial charge < -0.3 is 5.11 Å². The molecule has 2 aliphatic carbocycles. The van der Waals surface area contributed by atoms with Gasteiger partial charge in [-0.05, 0) is 50.9 Å². The van der Waals surface area contributed by atoms with Gasteiger partial charge in [0.05, 0.1) is 5.41 Å². The standard InChI is InChI=1S/C16H23NO4/c1-10-4-6-16(7-5-10,15(20)21)9-17-13(18)11-2-3-12(8-11)14(17)19/h10-12H,2-9H2,1H3,(H,20,21). The molecule has 3 aliphatic rings. The predicted octanol–water partition coefficient (Wildman–Crippen LogP) is 2.05. The lowest BCUT2D eigenvalue weighted by atomic mass is 9.70. The number of likely N-dealkylation sites (tertiary alicyclic amines) is 1. The smallest absolute Gasteiger partial charge is 0.311 e. The van der Waals surface area contributed by atoms with Gasteiger partial charge in [0, 0.05) is 18.4 Å². The minimum absolute atomic E-state index is 0.0546. The zero-order valence-corrected chi connectivity index (χ0v) is 12.5. The number of carbonyl (C=O) groups is 3. The molecule has 5 heteroatoms. The first kappa shape index (κ1) is 14.5. The van der Waals surface area contributed by atoms with E-state index in [2.05, 4.69) is 6.92 Å². The van der Waals surface area contributed by atoms with Gasteiger partial charge in [-0.15, -0.1) is 0 Å². The van der Waals surface area contributed by atoms with Gasteiger partial charge >= 0.3 is 5.97 Å². The first-order valence-electron chi connectivity index (χ1n) is 8.01. The molecule has 3 fully saturated rings. The highest BCUT2D eigenvalue weighted by Gasteiger charge is 2.50. The van der Waals surface area contributed by atoms with E-state index in [1.165, 1.54) is 4.90 Å². The van der Waals surface area contributed by atoms with Gasteiger partial charge in [0.1, 0.15) is 0 Å². The molecule has 0 aromatic rings. The minimum atomic E-state index is -0.922. The van der Waals surface area contributed by atoms with Gasteiger partial charge in [-0.25, -0.2) is 0 Å². The van der Waals surface area contributed by atoms with Crippen LogP contribution in [0.3, 0.4) is 0 Å². The number of fused-ring (bicyclic) bond motifs is 2. The summed E-state index contributed by atoms with van der Waals surface area (Å²) in [6.45, 7) is 2.21. The molecular formula is C16H23NO4. The summed E-state index contributed by atoms with van der Waals surface area (Å²) in [7, 11) is 0. The fraction of sp³-hybridized carbons (Fsp3) is 0.812. The summed E-state index contributed by atoms with van der Waals surface area (Å²) in [5, 5.41) is 9.68. The summed E-state index contributed by atoms with van der Waals surface area (Å²) in [5.41, 5.74) is -0.922. The number of carboxylic acid groups (broad SMARTS) is 1. The molecule has 0 radical (unpaired) electrons. The summed E-state index contributed by atoms with van der Waals surface area (Å²) in [4.78, 5) is 37.9. The topological polar surface area (TPSA) is 74.7 Å². The molecule has 2 unspecified atom stereocenters. The Kier molecular flexibility index (Phi) is 3.54. The molecule has 21 heavy (non-hydrogen) atoms. The second-order valence-electron chi connectivity index (χ2n) is 7.24. The summed E-state index contributed by atoms with van der Waals surface area (Å²) >= 11 is 0. The van der Waals surface area contributed by atoms with Crippen molar-refractivity contribution < 1.29 is 19.5 Å². The second kappa shape index (κ2) is 5.11. The molecule has 2 saturated carbocycles. The Balaban J connectivity index is 1.81. The molecule has 1 aliphatic heterocycles. The van der Waals surface area contributed by atoms with E-state index in [1.807, 2.05) is 0 Å². The van der Waals surface area contributed by atoms with Crippen LogP contribution >= 0.6 is 0 Å². The zero-order chi connectivity index (χ0) is 15.2. The number of aliphatic carboxylic acids is 1. The zero-order valence-electron chi connectivity index (χ0n) is 12.5. The van der Waals surface area contributed by atoms with Gasteiger partial charge in [-0.3, -0.25) is 19.3 Å². The van der Waals surface area contributed by atoms with E-state index in [-0.39, 0.29) is 30.2 Å². The lowest BCUT2D eigenvalue weighted by Crippen LogP contribution is -2.53. The Bertz CT molecular complexity index is 457. The maximum atomic E-state index is 12.4. The number of carboxylic acids is 1. The summed E-state index contributed by atoms with van der Waals surface area (Å²) in [6.07, 6.45) is 5.08. The lowest BCUT2D eigenvalue weighted by molar-refractivity contribution is -0.161. The SMILES string of the molecule is CC1CCC(CN2C(=O)C3CCC(C3)C2=O)(C(=O)O)CC1. The van der Waals surface area contributed by atoms with Crippen LogP contribution in [0, 0.1) is 23.2 Å². The summed E-state index contributed by atoms with van der Waals surface area (Å²) < 4.78 is 0. The van der Waals surface area contributed by atoms with Crippen LogP contribution in [0.4, 0.5) is 0 Å². The van der Waals surface area contributed by atoms with Crippen molar-refractivity contribution in [3.05, 3.63) is 0 Å². The van der Waals surface area contributed by atoms with Gasteiger partial charge in [-0.1, -0.05) is 6.92 Å². The number of nitrogens with zero attached hydrogens (tertiary/aromatic N) is 1. The van der Waals surface area contributed by atoms with Gasteiger partial charge in [0.25, 0.3) is 0 Å². The number of piperidine rings is 1. The molecule has 0 aromatic carbocycles. The van der Waals surface area contributed by atoms with Crippen molar-refractivity contribution in [3.8, 4) is 0 Å². The molecular weight excluding hydrogens is 270 g/mol. The number of imide groups is 1. The van der Waals surface area contributed by atoms with E-state index in [9.17, 15) is 19.5 Å². The molecule has 1 heterocycles. The molecule has 1 saturated heterocycles. The normalized spacial score (nSPS) is 39.7. The van der Waals surface area contributed by atoms with E-state index in [1.54, 1.807) is 0 Å². The average Bonchev–Trinajstić information content (AvgIpc) is 2.91. The maximum absolute atomic E-state index is 12.4. The van der Waals surface area contributed by atoms with Crippen LogP contribution in [0.2, 0.25) is 0 Å². The average molecular weight is 293 g/mol. The third-order valence-corrected chi connectivity index (χ3v) is 5.81. The first-order chi connectivity index (χ1) is 9.93. The van der Waals surface area contributed by atoms with Crippen molar-refractivity contribution in [3.63, 3.8) is 0 Å². The minimum Gasteiger partial charge on any atom is -0.481 e. The largest absolute Gasteiger partial charge is 0.481 e. The molecule has 2 atom stereocenters. The Hall–Kier alpha value is -1.39. The predicted molar refractivity (Wildman–Crippen MR) is 75.3 cm³/mol. The highest BCUT2D eigenvalue weighted by molar-refractivity contribution is 6.01. The van der Waals surface area contributed by atoms with Crippen molar-refractivity contribution in [2.75, 3.05) is 6.54 Å². The van der Waals surface area contributed by atoms with E-state index in [0.29, 0.717) is 25.2 Å². The number of hydrogen-bond acceptors (Lipinski definition) is 3. The van der Waals surface area contributed by atoms with Crippen LogP contribution in [0.25, 0.3) is 0 Å². The summed E-state index contributed by atoms with van der Waals surface area (Å²) in [5.74, 6) is -0.697. The molecule has 5 nitrogen and oxygen atoms in total. The van der Waals surface area contributed by atoms with Crippen molar-refractivity contribution in [2.24, 2.45) is 23.2 Å². The highest BCUT2D eigenvalue weighted by Crippen LogP contribution is 2.43. The van der Waals surface area contributed by atoms with E-state index >= 15 is 0 Å². The number of rotatable bonds is 3. The fourth-order valence-corrected chi connectivity index (χ4v) is 4.19. The van der Waals surface area contributed by atoms with Crippen molar-refractivity contribution >= 4 is 17.8 Å². The van der Waals surface area contributed by atoms with Crippen LogP contribution in [0.15, 0.2) is 0 Å². The number of amides is 2. The quantitative estimate of drug-likeness (QED) is 0.808. The van der Waals surface area contributed by atoms with E-state index < -0.39 is 11.4 Å². The molecule has 2 bridgehead atoms. The lowest BCUT2D eigenvalue weighted by Gasteiger charge is -2.40. The molecule has 3 rings (SSSR count). The van der Waals surface area contributed by atoms with E-state index in [0.717, 1.165) is 25.7 Å². The third-order valence-electron chi connectivity index (χ3n) is 5.81. The Morgan fingerprint density at radius 3 is 2.14 bits per heavy atom. The number of hydrogen-bond donors (Lipinski definition) is 1. The highest BCUT2D eigenvalue weighted by atomic mass is 16.4. The summed E-state index contributed by atoms with van der Waals surface area (Å²) in [6, 6.07) is 0. The van der Waals surface area contributed by atoms with Crippen LogP contribution < -0.4 is 0 Å². The Labute approximate surface area is 124 Å². The van der Waals surface area contributed by atoms with Crippen molar-refractivity contribution in [2.45, 2.75) is 51.9 Å². The molecule has 1 N–H and O–H groups in total. The van der Waals surface area contributed by atoms with Gasteiger partial charge in [0.2, 0.25) is 11.8 Å². The second-order valence-corrected chi connectivity index (χ2v) is 7.24. The van der Waals surface area contributed by atoms with Crippen LogP contribution in [-0.4, -0.2) is 34.3 Å². The number of carbonyl (C=O) groups excluding carboxylic acids is 2. The monoisotopic (exact) mass is 293 g/mol. The Morgan fingerprint density at radius 2 is 1.67 bits per heavy atom. The van der Waals surface area contributed by atoms with Crippen LogP contribution in [0.1, 0.15) is 51.9 Å². The molecule has 2 amide bonds. The Morgan fingerprint density at radius 1 is 1.14 bits per heavy atom. The van der Waals surface area contributed by atoms with Crippen LogP contribution in [-0.2, 0) is 14.4 Å². The third kappa shape index (κ3) is 2.36. The molecule has 116 valence electrons. The molecule has 0 aromatic heterocycles. The van der Waals surface area contributed by atoms with Crippen molar-refractivity contribution in [1.82, 2.24) is 4.90 Å². The van der Waals surface area contributed by atoms with Gasteiger partial charge in [0.15, 0.2) is 0 Å². The van der Waals surface area contributed by atoms with Crippen molar-refractivity contribution in [1.29, 1.82) is 0 Å². The van der Waals surface area contributed by atoms with Gasteiger partial charge in [-0.2, -0.15) is 0 Å².